The summed E-state index contributed by atoms with van der Waals surface area (Å²) in [6.07, 6.45) is 5.63. The first-order chi connectivity index (χ1) is 11.2. The normalized spacial score (nSPS) is 12.8. The van der Waals surface area contributed by atoms with Gasteiger partial charge in [-0.15, -0.1) is 0 Å². The van der Waals surface area contributed by atoms with Gasteiger partial charge in [-0.25, -0.2) is 0 Å². The molecule has 2 heterocycles. The van der Waals surface area contributed by atoms with Crippen molar-refractivity contribution in [1.29, 1.82) is 0 Å². The fourth-order valence-corrected chi connectivity index (χ4v) is 2.67. The Kier molecular flexibility index (Phi) is 4.33. The van der Waals surface area contributed by atoms with E-state index in [0.717, 1.165) is 16.7 Å². The first-order valence-electron chi connectivity index (χ1n) is 7.74. The quantitative estimate of drug-likeness (QED) is 0.714. The third-order valence-corrected chi connectivity index (χ3v) is 3.93. The highest BCUT2D eigenvalue weighted by Crippen LogP contribution is 2.22. The molecule has 1 aromatic carbocycles. The van der Waals surface area contributed by atoms with E-state index in [1.54, 1.807) is 12.3 Å². The van der Waals surface area contributed by atoms with Gasteiger partial charge >= 0.3 is 0 Å². The maximum Gasteiger partial charge on any atom is 0.268 e. The summed E-state index contributed by atoms with van der Waals surface area (Å²) < 4.78 is 7.40. The number of hydrogen-bond acceptors (Lipinski definition) is 2. The lowest BCUT2D eigenvalue weighted by atomic mass is 10.1. The molecule has 0 aliphatic carbocycles. The molecule has 3 aromatic rings. The average Bonchev–Trinajstić information content (AvgIpc) is 3.15. The first-order valence-corrected chi connectivity index (χ1v) is 7.74. The summed E-state index contributed by atoms with van der Waals surface area (Å²) in [6.45, 7) is 4.59. The smallest absolute Gasteiger partial charge is 0.268 e. The Hall–Kier alpha value is -2.75. The van der Waals surface area contributed by atoms with Crippen LogP contribution in [-0.4, -0.2) is 10.5 Å². The molecule has 1 amide bonds. The van der Waals surface area contributed by atoms with Crippen LogP contribution in [0.25, 0.3) is 11.1 Å². The predicted molar refractivity (Wildman–Crippen MR) is 91.3 cm³/mol. The summed E-state index contributed by atoms with van der Waals surface area (Å²) in [5.41, 5.74) is 3.35. The Morgan fingerprint density at radius 2 is 2.09 bits per heavy atom. The number of allylic oxidation sites excluding steroid dienone is 2. The van der Waals surface area contributed by atoms with Crippen LogP contribution in [0.3, 0.4) is 0 Å². The van der Waals surface area contributed by atoms with Gasteiger partial charge in [0.25, 0.3) is 5.91 Å². The van der Waals surface area contributed by atoms with Crippen LogP contribution in [-0.2, 0) is 6.54 Å². The molecule has 0 spiro atoms. The van der Waals surface area contributed by atoms with Gasteiger partial charge in [0.1, 0.15) is 5.69 Å². The van der Waals surface area contributed by atoms with Gasteiger partial charge < -0.3 is 14.3 Å². The molecule has 1 unspecified atom stereocenters. The van der Waals surface area contributed by atoms with Crippen molar-refractivity contribution in [2.24, 2.45) is 0 Å². The van der Waals surface area contributed by atoms with E-state index in [2.05, 4.69) is 5.32 Å². The van der Waals surface area contributed by atoms with Crippen LogP contribution in [0.1, 0.15) is 35.9 Å². The third-order valence-electron chi connectivity index (χ3n) is 3.93. The van der Waals surface area contributed by atoms with E-state index in [1.165, 1.54) is 0 Å². The molecule has 118 valence electrons. The molecule has 1 atom stereocenters. The SMILES string of the molecule is C/C=C\Cn1c(C(=O)NC(C)c2ccccc2)cc2occc21. The second-order valence-electron chi connectivity index (χ2n) is 5.49. The minimum absolute atomic E-state index is 0.0555. The molecule has 1 N–H and O–H groups in total. The van der Waals surface area contributed by atoms with Gasteiger partial charge in [-0.1, -0.05) is 42.5 Å². The maximum atomic E-state index is 12.7. The lowest BCUT2D eigenvalue weighted by Crippen LogP contribution is -2.28. The van der Waals surface area contributed by atoms with Gasteiger partial charge in [0.05, 0.1) is 17.8 Å². The summed E-state index contributed by atoms with van der Waals surface area (Å²) in [5, 5.41) is 3.05. The van der Waals surface area contributed by atoms with Crippen LogP contribution in [0.15, 0.2) is 65.3 Å². The zero-order valence-corrected chi connectivity index (χ0v) is 13.3. The fraction of sp³-hybridized carbons (Fsp3) is 0.211. The molecule has 2 aromatic heterocycles. The van der Waals surface area contributed by atoms with Crippen molar-refractivity contribution in [1.82, 2.24) is 9.88 Å². The monoisotopic (exact) mass is 308 g/mol. The number of nitrogens with zero attached hydrogens (tertiary/aromatic N) is 1. The van der Waals surface area contributed by atoms with Crippen LogP contribution in [0, 0.1) is 0 Å². The van der Waals surface area contributed by atoms with Crippen LogP contribution >= 0.6 is 0 Å². The van der Waals surface area contributed by atoms with E-state index in [-0.39, 0.29) is 11.9 Å². The van der Waals surface area contributed by atoms with Crippen molar-refractivity contribution < 1.29 is 9.21 Å². The van der Waals surface area contributed by atoms with Gasteiger partial charge in [0, 0.05) is 18.7 Å². The summed E-state index contributed by atoms with van der Waals surface area (Å²) in [6, 6.07) is 13.6. The van der Waals surface area contributed by atoms with Crippen molar-refractivity contribution in [3.05, 3.63) is 72.1 Å². The molecule has 0 radical (unpaired) electrons. The van der Waals surface area contributed by atoms with E-state index < -0.39 is 0 Å². The number of nitrogens with one attached hydrogen (secondary N) is 1. The molecular weight excluding hydrogens is 288 g/mol. The van der Waals surface area contributed by atoms with Crippen molar-refractivity contribution in [2.75, 3.05) is 0 Å². The minimum Gasteiger partial charge on any atom is -0.463 e. The molecule has 0 bridgehead atoms. The van der Waals surface area contributed by atoms with E-state index in [9.17, 15) is 4.79 Å². The lowest BCUT2D eigenvalue weighted by molar-refractivity contribution is 0.0931. The summed E-state index contributed by atoms with van der Waals surface area (Å²) in [4.78, 5) is 12.7. The summed E-state index contributed by atoms with van der Waals surface area (Å²) >= 11 is 0. The number of furan rings is 1. The molecule has 0 aliphatic rings. The maximum absolute atomic E-state index is 12.7. The van der Waals surface area contributed by atoms with Gasteiger partial charge in [-0.2, -0.15) is 0 Å². The predicted octanol–water partition coefficient (Wildman–Crippen LogP) is 4.30. The van der Waals surface area contributed by atoms with Gasteiger partial charge in [-0.05, 0) is 19.4 Å². The van der Waals surface area contributed by atoms with Crippen molar-refractivity contribution >= 4 is 17.0 Å². The highest BCUT2D eigenvalue weighted by molar-refractivity contribution is 5.97. The number of fused-ring (bicyclic) bond motifs is 1. The number of aromatic nitrogens is 1. The molecule has 0 saturated heterocycles. The van der Waals surface area contributed by atoms with Gasteiger partial charge in [-0.3, -0.25) is 4.79 Å². The Labute approximate surface area is 135 Å². The highest BCUT2D eigenvalue weighted by Gasteiger charge is 2.18. The Balaban J connectivity index is 1.87. The minimum atomic E-state index is -0.0998. The third kappa shape index (κ3) is 3.06. The number of carbonyl (C=O) groups excluding carboxylic acids is 1. The molecule has 23 heavy (non-hydrogen) atoms. The number of rotatable bonds is 5. The number of amides is 1. The van der Waals surface area contributed by atoms with Crippen molar-refractivity contribution in [3.63, 3.8) is 0 Å². The van der Waals surface area contributed by atoms with Crippen LogP contribution in [0.4, 0.5) is 0 Å². The topological polar surface area (TPSA) is 47.2 Å². The molecule has 0 saturated carbocycles. The van der Waals surface area contributed by atoms with E-state index in [1.807, 2.05) is 67.0 Å². The van der Waals surface area contributed by atoms with Gasteiger partial charge in [0.2, 0.25) is 0 Å². The Morgan fingerprint density at radius 1 is 1.30 bits per heavy atom. The number of hydrogen-bond donors (Lipinski definition) is 1. The van der Waals surface area contributed by atoms with Crippen LogP contribution in [0.5, 0.6) is 0 Å². The van der Waals surface area contributed by atoms with E-state index in [0.29, 0.717) is 12.2 Å². The average molecular weight is 308 g/mol. The zero-order chi connectivity index (χ0) is 16.2. The second kappa shape index (κ2) is 6.57. The van der Waals surface area contributed by atoms with Crippen LogP contribution in [0.2, 0.25) is 0 Å². The second-order valence-corrected chi connectivity index (χ2v) is 5.49. The molecule has 4 nitrogen and oxygen atoms in total. The molecular formula is C19H20N2O2. The van der Waals surface area contributed by atoms with Crippen molar-refractivity contribution in [2.45, 2.75) is 26.4 Å². The molecule has 3 rings (SSSR count). The Morgan fingerprint density at radius 3 is 2.83 bits per heavy atom. The molecule has 0 aliphatic heterocycles. The first kappa shape index (κ1) is 15.2. The number of carbonyl (C=O) groups is 1. The van der Waals surface area contributed by atoms with Crippen LogP contribution < -0.4 is 5.32 Å². The van der Waals surface area contributed by atoms with Gasteiger partial charge in [0.15, 0.2) is 5.58 Å². The lowest BCUT2D eigenvalue weighted by Gasteiger charge is -2.15. The van der Waals surface area contributed by atoms with E-state index >= 15 is 0 Å². The summed E-state index contributed by atoms with van der Waals surface area (Å²) in [5.74, 6) is -0.0998. The van der Waals surface area contributed by atoms with Crippen molar-refractivity contribution in [3.8, 4) is 0 Å². The summed E-state index contributed by atoms with van der Waals surface area (Å²) in [7, 11) is 0. The van der Waals surface area contributed by atoms with E-state index in [4.69, 9.17) is 4.42 Å². The Bertz CT molecular complexity index is 828. The number of benzene rings is 1. The highest BCUT2D eigenvalue weighted by atomic mass is 16.3. The largest absolute Gasteiger partial charge is 0.463 e. The standard InChI is InChI=1S/C19H20N2O2/c1-3-4-11-21-16-10-12-23-18(16)13-17(21)19(22)20-14(2)15-8-6-5-7-9-15/h3-10,12-14H,11H2,1-2H3,(H,20,22)/b4-3-. The zero-order valence-electron chi connectivity index (χ0n) is 13.3. The fourth-order valence-electron chi connectivity index (χ4n) is 2.67. The molecule has 0 fully saturated rings. The molecule has 4 heteroatoms.